The molecule has 1 aromatic rings. The predicted molar refractivity (Wildman–Crippen MR) is 70.2 cm³/mol. The van der Waals surface area contributed by atoms with Gasteiger partial charge >= 0.3 is 0 Å². The number of furan rings is 1. The Morgan fingerprint density at radius 2 is 2.18 bits per heavy atom. The summed E-state index contributed by atoms with van der Waals surface area (Å²) in [5, 5.41) is 3.40. The van der Waals surface area contributed by atoms with E-state index in [0.717, 1.165) is 36.7 Å². The molecule has 1 aliphatic carbocycles. The molecule has 1 atom stereocenters. The third-order valence-electron chi connectivity index (χ3n) is 2.89. The van der Waals surface area contributed by atoms with Crippen molar-refractivity contribution in [3.63, 3.8) is 0 Å². The molecule has 0 amide bonds. The van der Waals surface area contributed by atoms with Crippen LogP contribution in [-0.4, -0.2) is 16.0 Å². The van der Waals surface area contributed by atoms with Crippen LogP contribution in [0.5, 0.6) is 0 Å². The third-order valence-corrected chi connectivity index (χ3v) is 4.24. The summed E-state index contributed by atoms with van der Waals surface area (Å²) in [6.07, 6.45) is 4.70. The molecule has 96 valence electrons. The molecule has 1 saturated carbocycles. The maximum Gasteiger partial charge on any atom is 0.118 e. The van der Waals surface area contributed by atoms with Gasteiger partial charge in [-0.3, -0.25) is 4.21 Å². The summed E-state index contributed by atoms with van der Waals surface area (Å²) in [5.74, 6) is 3.16. The maximum atomic E-state index is 11.7. The Labute approximate surface area is 105 Å². The van der Waals surface area contributed by atoms with Gasteiger partial charge in [0.2, 0.25) is 0 Å². The number of unbranched alkanes of at least 4 members (excludes halogenated alkanes) is 1. The van der Waals surface area contributed by atoms with E-state index in [1.54, 1.807) is 0 Å². The highest BCUT2D eigenvalue weighted by molar-refractivity contribution is 7.84. The van der Waals surface area contributed by atoms with Gasteiger partial charge in [0.25, 0.3) is 0 Å². The second-order valence-corrected chi connectivity index (χ2v) is 6.24. The minimum atomic E-state index is -0.772. The molecule has 1 aliphatic rings. The lowest BCUT2D eigenvalue weighted by Crippen LogP contribution is -2.14. The summed E-state index contributed by atoms with van der Waals surface area (Å²) >= 11 is 0. The first kappa shape index (κ1) is 12.8. The van der Waals surface area contributed by atoms with E-state index in [0.29, 0.717) is 11.8 Å². The van der Waals surface area contributed by atoms with Crippen LogP contribution in [0.25, 0.3) is 0 Å². The second-order valence-electron chi connectivity index (χ2n) is 4.67. The van der Waals surface area contributed by atoms with Gasteiger partial charge in [-0.1, -0.05) is 13.3 Å². The van der Waals surface area contributed by atoms with E-state index < -0.39 is 10.8 Å². The molecule has 4 heteroatoms. The Bertz CT molecular complexity index is 371. The highest BCUT2D eigenvalue weighted by Gasteiger charge is 2.20. The van der Waals surface area contributed by atoms with Gasteiger partial charge in [0.15, 0.2) is 0 Å². The lowest BCUT2D eigenvalue weighted by molar-refractivity contribution is 0.457. The topological polar surface area (TPSA) is 42.2 Å². The van der Waals surface area contributed by atoms with Crippen molar-refractivity contribution >= 4 is 10.8 Å². The Balaban J connectivity index is 1.74. The zero-order chi connectivity index (χ0) is 12.1. The van der Waals surface area contributed by atoms with Crippen molar-refractivity contribution in [1.29, 1.82) is 0 Å². The number of nitrogens with one attached hydrogen (secondary N) is 1. The van der Waals surface area contributed by atoms with Gasteiger partial charge < -0.3 is 9.73 Å². The SMILES string of the molecule is CCCCS(=O)Cc1ccc(CNC2CC2)o1. The average molecular weight is 255 g/mol. The highest BCUT2D eigenvalue weighted by Crippen LogP contribution is 2.20. The minimum absolute atomic E-state index is 0.559. The summed E-state index contributed by atoms with van der Waals surface area (Å²) in [7, 11) is -0.772. The van der Waals surface area contributed by atoms with E-state index in [4.69, 9.17) is 4.42 Å². The first-order chi connectivity index (χ1) is 8.28. The van der Waals surface area contributed by atoms with Crippen molar-refractivity contribution < 1.29 is 8.63 Å². The smallest absolute Gasteiger partial charge is 0.118 e. The van der Waals surface area contributed by atoms with Crippen molar-refractivity contribution in [3.8, 4) is 0 Å². The van der Waals surface area contributed by atoms with Crippen LogP contribution in [0.1, 0.15) is 44.1 Å². The van der Waals surface area contributed by atoms with Crippen molar-refractivity contribution in [1.82, 2.24) is 5.32 Å². The van der Waals surface area contributed by atoms with Crippen molar-refractivity contribution in [3.05, 3.63) is 23.7 Å². The van der Waals surface area contributed by atoms with Crippen LogP contribution < -0.4 is 5.32 Å². The van der Waals surface area contributed by atoms with Crippen LogP contribution >= 0.6 is 0 Å². The number of hydrogen-bond acceptors (Lipinski definition) is 3. The van der Waals surface area contributed by atoms with E-state index in [2.05, 4.69) is 12.2 Å². The van der Waals surface area contributed by atoms with Crippen molar-refractivity contribution in [2.75, 3.05) is 5.75 Å². The molecule has 1 unspecified atom stereocenters. The molecule has 1 fully saturated rings. The van der Waals surface area contributed by atoms with Crippen LogP contribution in [-0.2, 0) is 23.1 Å². The quantitative estimate of drug-likeness (QED) is 0.776. The largest absolute Gasteiger partial charge is 0.464 e. The zero-order valence-corrected chi connectivity index (χ0v) is 11.2. The molecular formula is C13H21NO2S. The van der Waals surface area contributed by atoms with Gasteiger partial charge in [-0.2, -0.15) is 0 Å². The highest BCUT2D eigenvalue weighted by atomic mass is 32.2. The van der Waals surface area contributed by atoms with Crippen LogP contribution in [0.2, 0.25) is 0 Å². The molecule has 0 saturated heterocycles. The Kier molecular flexibility index (Phi) is 4.80. The molecule has 2 rings (SSSR count). The number of rotatable bonds is 8. The molecular weight excluding hydrogens is 234 g/mol. The lowest BCUT2D eigenvalue weighted by Gasteiger charge is -2.00. The van der Waals surface area contributed by atoms with Crippen LogP contribution in [0.15, 0.2) is 16.5 Å². The Morgan fingerprint density at radius 3 is 2.88 bits per heavy atom. The Hall–Kier alpha value is -0.610. The summed E-state index contributed by atoms with van der Waals surface area (Å²) in [5.41, 5.74) is 0. The molecule has 17 heavy (non-hydrogen) atoms. The predicted octanol–water partition coefficient (Wildman–Crippen LogP) is 2.58. The van der Waals surface area contributed by atoms with E-state index in [-0.39, 0.29) is 0 Å². The van der Waals surface area contributed by atoms with Gasteiger partial charge in [-0.05, 0) is 31.4 Å². The fourth-order valence-electron chi connectivity index (χ4n) is 1.66. The molecule has 1 N–H and O–H groups in total. The Morgan fingerprint density at radius 1 is 1.41 bits per heavy atom. The maximum absolute atomic E-state index is 11.7. The summed E-state index contributed by atoms with van der Waals surface area (Å²) < 4.78 is 17.3. The normalized spacial score (nSPS) is 17.2. The molecule has 3 nitrogen and oxygen atoms in total. The minimum Gasteiger partial charge on any atom is -0.464 e. The molecule has 0 aromatic carbocycles. The van der Waals surface area contributed by atoms with Crippen LogP contribution in [0.3, 0.4) is 0 Å². The molecule has 0 spiro atoms. The average Bonchev–Trinajstić information content (AvgIpc) is 3.05. The van der Waals surface area contributed by atoms with Crippen molar-refractivity contribution in [2.45, 2.75) is 50.9 Å². The lowest BCUT2D eigenvalue weighted by atomic mass is 10.4. The first-order valence-corrected chi connectivity index (χ1v) is 7.92. The molecule has 0 bridgehead atoms. The zero-order valence-electron chi connectivity index (χ0n) is 10.4. The standard InChI is InChI=1S/C13H21NO2S/c1-2-3-8-17(15)10-13-7-6-12(16-13)9-14-11-4-5-11/h6-7,11,14H,2-5,8-10H2,1H3. The van der Waals surface area contributed by atoms with Gasteiger partial charge in [-0.15, -0.1) is 0 Å². The fraction of sp³-hybridized carbons (Fsp3) is 0.692. The first-order valence-electron chi connectivity index (χ1n) is 6.44. The van der Waals surface area contributed by atoms with E-state index in [9.17, 15) is 4.21 Å². The molecule has 1 heterocycles. The fourth-order valence-corrected chi connectivity index (χ4v) is 2.89. The van der Waals surface area contributed by atoms with Crippen LogP contribution in [0, 0.1) is 0 Å². The monoisotopic (exact) mass is 255 g/mol. The van der Waals surface area contributed by atoms with Gasteiger partial charge in [-0.25, -0.2) is 0 Å². The van der Waals surface area contributed by atoms with E-state index >= 15 is 0 Å². The summed E-state index contributed by atoms with van der Waals surface area (Å²) in [4.78, 5) is 0. The molecule has 0 aliphatic heterocycles. The third kappa shape index (κ3) is 4.64. The van der Waals surface area contributed by atoms with Gasteiger partial charge in [0, 0.05) is 22.6 Å². The number of hydrogen-bond donors (Lipinski definition) is 1. The summed E-state index contributed by atoms with van der Waals surface area (Å²) in [6.45, 7) is 2.91. The van der Waals surface area contributed by atoms with Crippen molar-refractivity contribution in [2.24, 2.45) is 0 Å². The molecule has 1 aromatic heterocycles. The second kappa shape index (κ2) is 6.36. The van der Waals surface area contributed by atoms with E-state index in [1.165, 1.54) is 12.8 Å². The summed E-state index contributed by atoms with van der Waals surface area (Å²) in [6, 6.07) is 4.64. The van der Waals surface area contributed by atoms with Gasteiger partial charge in [0.05, 0.1) is 12.3 Å². The molecule has 0 radical (unpaired) electrons. The van der Waals surface area contributed by atoms with E-state index in [1.807, 2.05) is 12.1 Å². The van der Waals surface area contributed by atoms with Crippen LogP contribution in [0.4, 0.5) is 0 Å². The van der Waals surface area contributed by atoms with Gasteiger partial charge in [0.1, 0.15) is 11.5 Å².